The molecular weight excluding hydrogens is 351 g/mol. The summed E-state index contributed by atoms with van der Waals surface area (Å²) in [4.78, 5) is 11.5. The van der Waals surface area contributed by atoms with Crippen LogP contribution in [-0.2, 0) is 30.0 Å². The first-order valence-corrected chi connectivity index (χ1v) is 9.45. The van der Waals surface area contributed by atoms with Crippen LogP contribution in [0.25, 0.3) is 0 Å². The molecule has 2 N–H and O–H groups in total. The summed E-state index contributed by atoms with van der Waals surface area (Å²) >= 11 is 0. The molecule has 0 aliphatic heterocycles. The molecule has 11 heteroatoms. The molecule has 0 aromatic carbocycles. The number of ether oxygens (including phenoxy) is 1. The summed E-state index contributed by atoms with van der Waals surface area (Å²) in [6.07, 6.45) is -0.135. The first-order valence-electron chi connectivity index (χ1n) is 6.59. The third kappa shape index (κ3) is 7.86. The Hall–Kier alpha value is -1.04. The molecule has 0 radical (unpaired) electrons. The van der Waals surface area contributed by atoms with E-state index in [2.05, 4.69) is 11.9 Å². The number of hydrogen-bond acceptors (Lipinski definition) is 6. The van der Waals surface area contributed by atoms with E-state index >= 15 is 0 Å². The van der Waals surface area contributed by atoms with E-state index in [0.717, 1.165) is 4.13 Å². The minimum atomic E-state index is -5.39. The van der Waals surface area contributed by atoms with Gasteiger partial charge in [-0.25, -0.2) is 8.42 Å². The maximum absolute atomic E-state index is 12.5. The number of rotatable bonds is 9. The Bertz CT molecular complexity index is 668. The minimum Gasteiger partial charge on any atom is -0.356 e. The lowest BCUT2D eigenvalue weighted by atomic mass is 10.1. The van der Waals surface area contributed by atoms with E-state index in [-0.39, 0.29) is 18.6 Å². The molecule has 0 aromatic heterocycles. The zero-order valence-corrected chi connectivity index (χ0v) is 15.4. The van der Waals surface area contributed by atoms with Gasteiger partial charge in [-0.3, -0.25) is 4.79 Å². The van der Waals surface area contributed by atoms with Gasteiger partial charge in [0.2, 0.25) is 15.9 Å². The molecule has 0 aliphatic carbocycles. The van der Waals surface area contributed by atoms with E-state index in [1.165, 1.54) is 20.8 Å². The van der Waals surface area contributed by atoms with Gasteiger partial charge in [-0.15, -0.1) is 0 Å². The topological polar surface area (TPSA) is 119 Å². The summed E-state index contributed by atoms with van der Waals surface area (Å²) in [5, 5.41) is 2.54. The van der Waals surface area contributed by atoms with Crippen LogP contribution < -0.4 is 9.44 Å². The molecule has 0 unspecified atom stereocenters. The van der Waals surface area contributed by atoms with Gasteiger partial charge >= 0.3 is 10.4 Å². The van der Waals surface area contributed by atoms with Gasteiger partial charge in [0.05, 0.1) is 11.4 Å². The monoisotopic (exact) mass is 374 g/mol. The highest BCUT2D eigenvalue weighted by atomic mass is 32.3. The Morgan fingerprint density at radius 3 is 2.04 bits per heavy atom. The molecule has 0 spiro atoms. The SMILES string of the molecule is C=C(C)C(=O)NC(C)(C)OCCC(C)(C)S(=O)(=O)NS(=O)(=O)F. The molecule has 0 fully saturated rings. The highest BCUT2D eigenvalue weighted by molar-refractivity contribution is 8.03. The van der Waals surface area contributed by atoms with Crippen molar-refractivity contribution in [2.75, 3.05) is 6.61 Å². The van der Waals surface area contributed by atoms with Crippen molar-refractivity contribution in [3.8, 4) is 0 Å². The van der Waals surface area contributed by atoms with Crippen LogP contribution in [-0.4, -0.2) is 39.8 Å². The number of halogens is 1. The highest BCUT2D eigenvalue weighted by Crippen LogP contribution is 2.21. The Morgan fingerprint density at radius 2 is 1.65 bits per heavy atom. The highest BCUT2D eigenvalue weighted by Gasteiger charge is 2.38. The van der Waals surface area contributed by atoms with Crippen molar-refractivity contribution in [2.45, 2.75) is 51.5 Å². The summed E-state index contributed by atoms with van der Waals surface area (Å²) < 4.78 is 61.9. The summed E-state index contributed by atoms with van der Waals surface area (Å²) in [5.74, 6) is -0.424. The maximum atomic E-state index is 12.5. The van der Waals surface area contributed by atoms with Gasteiger partial charge in [-0.05, 0) is 41.0 Å². The van der Waals surface area contributed by atoms with Crippen molar-refractivity contribution in [3.05, 3.63) is 12.2 Å². The standard InChI is InChI=1S/C12H23FN2O6S2/c1-9(2)10(16)14-12(5,6)21-8-7-11(3,4)22(17,18)15-23(13,19)20/h15H,1,7-8H2,2-6H3,(H,14,16). The van der Waals surface area contributed by atoms with Crippen LogP contribution in [0.1, 0.15) is 41.0 Å². The summed E-state index contributed by atoms with van der Waals surface area (Å²) in [7, 11) is -9.86. The largest absolute Gasteiger partial charge is 0.385 e. The van der Waals surface area contributed by atoms with Crippen LogP contribution >= 0.6 is 0 Å². The van der Waals surface area contributed by atoms with E-state index in [9.17, 15) is 25.5 Å². The molecule has 0 aliphatic rings. The number of carbonyl (C=O) groups excluding carboxylic acids is 1. The second-order valence-corrected chi connectivity index (χ2v) is 9.78. The zero-order chi connectivity index (χ0) is 18.7. The molecular formula is C12H23FN2O6S2. The molecule has 0 rings (SSSR count). The molecule has 8 nitrogen and oxygen atoms in total. The lowest BCUT2D eigenvalue weighted by Crippen LogP contribution is -2.48. The number of sulfonamides is 1. The van der Waals surface area contributed by atoms with Crippen molar-refractivity contribution in [1.29, 1.82) is 0 Å². The second kappa shape index (κ2) is 7.24. The van der Waals surface area contributed by atoms with Gasteiger partial charge in [-0.1, -0.05) is 14.6 Å². The van der Waals surface area contributed by atoms with Gasteiger partial charge in [0.15, 0.2) is 0 Å². The second-order valence-electron chi connectivity index (χ2n) is 6.13. The third-order valence-corrected chi connectivity index (χ3v) is 6.24. The van der Waals surface area contributed by atoms with E-state index in [4.69, 9.17) is 4.74 Å². The minimum absolute atomic E-state index is 0.121. The Labute approximate surface area is 136 Å². The molecule has 0 saturated heterocycles. The molecule has 1 amide bonds. The van der Waals surface area contributed by atoms with Crippen molar-refractivity contribution in [3.63, 3.8) is 0 Å². The predicted octanol–water partition coefficient (Wildman–Crippen LogP) is 0.734. The summed E-state index contributed by atoms with van der Waals surface area (Å²) in [5.41, 5.74) is -0.808. The van der Waals surface area contributed by atoms with Crippen LogP contribution in [0, 0.1) is 0 Å². The fourth-order valence-electron chi connectivity index (χ4n) is 1.35. The number of amides is 1. The van der Waals surface area contributed by atoms with E-state index < -0.39 is 36.8 Å². The predicted molar refractivity (Wildman–Crippen MR) is 83.8 cm³/mol. The smallest absolute Gasteiger partial charge is 0.356 e. The van der Waals surface area contributed by atoms with Crippen molar-refractivity contribution in [2.24, 2.45) is 0 Å². The third-order valence-electron chi connectivity index (χ3n) is 2.91. The van der Waals surface area contributed by atoms with Gasteiger partial charge < -0.3 is 10.1 Å². The fourth-order valence-corrected chi connectivity index (χ4v) is 3.65. The van der Waals surface area contributed by atoms with Crippen molar-refractivity contribution < 1.29 is 30.3 Å². The van der Waals surface area contributed by atoms with Crippen LogP contribution in [0.5, 0.6) is 0 Å². The van der Waals surface area contributed by atoms with Gasteiger partial charge in [0.25, 0.3) is 0 Å². The molecule has 0 heterocycles. The molecule has 0 saturated carbocycles. The molecule has 0 aromatic rings. The maximum Gasteiger partial charge on any atom is 0.385 e. The fraction of sp³-hybridized carbons (Fsp3) is 0.750. The average Bonchev–Trinajstić information content (AvgIpc) is 2.23. The Kier molecular flexibility index (Phi) is 6.91. The van der Waals surface area contributed by atoms with E-state index in [0.29, 0.717) is 0 Å². The van der Waals surface area contributed by atoms with Gasteiger partial charge in [0, 0.05) is 5.57 Å². The lowest BCUT2D eigenvalue weighted by molar-refractivity contribution is -0.127. The Morgan fingerprint density at radius 1 is 1.17 bits per heavy atom. The number of nitrogens with one attached hydrogen (secondary N) is 2. The molecule has 0 bridgehead atoms. The van der Waals surface area contributed by atoms with Gasteiger partial charge in [-0.2, -0.15) is 8.42 Å². The van der Waals surface area contributed by atoms with Crippen LogP contribution in [0.4, 0.5) is 3.89 Å². The normalized spacial score (nSPS) is 13.7. The lowest BCUT2D eigenvalue weighted by Gasteiger charge is -2.29. The first-order chi connectivity index (χ1) is 9.99. The van der Waals surface area contributed by atoms with Crippen molar-refractivity contribution in [1.82, 2.24) is 9.44 Å². The van der Waals surface area contributed by atoms with E-state index in [1.54, 1.807) is 13.8 Å². The molecule has 136 valence electrons. The Balaban J connectivity index is 4.78. The summed E-state index contributed by atoms with van der Waals surface area (Å²) in [6, 6.07) is 0. The first kappa shape index (κ1) is 22.0. The quantitative estimate of drug-likeness (QED) is 0.349. The van der Waals surface area contributed by atoms with Crippen LogP contribution in [0.15, 0.2) is 12.2 Å². The zero-order valence-electron chi connectivity index (χ0n) is 13.8. The number of hydrogen-bond donors (Lipinski definition) is 2. The number of carbonyl (C=O) groups is 1. The van der Waals surface area contributed by atoms with Gasteiger partial charge in [0.1, 0.15) is 5.72 Å². The average molecular weight is 374 g/mol. The summed E-state index contributed by atoms with van der Waals surface area (Å²) in [6.45, 7) is 10.4. The van der Waals surface area contributed by atoms with Crippen LogP contribution in [0.3, 0.4) is 0 Å². The van der Waals surface area contributed by atoms with E-state index in [1.807, 2.05) is 0 Å². The molecule has 23 heavy (non-hydrogen) atoms. The van der Waals surface area contributed by atoms with Crippen LogP contribution in [0.2, 0.25) is 0 Å². The van der Waals surface area contributed by atoms with Crippen molar-refractivity contribution >= 4 is 26.3 Å². The molecule has 0 atom stereocenters.